The first-order chi connectivity index (χ1) is 29.3. The van der Waals surface area contributed by atoms with E-state index in [4.69, 9.17) is 5.73 Å². The van der Waals surface area contributed by atoms with E-state index in [1.54, 1.807) is 6.92 Å². The standard InChI is InChI=1S/C37H56N8O17/c1-5-6-24(46)14-39-28(50)10-7-25(47)18-43(21-35(57)60-2)32(54)15-40-29(51)11-8-26(48)19-44(22-36(58)61-3)33(55)16-41-30(52)12-9-27(49)20-45(23-37(59)62-4)34(56)17-42-31(53)13-38/h5-23,38H2,1-4H3,(H,39,50)(H,40,51)(H,41,52)(H,42,53). The molecule has 25 nitrogen and oxygen atoms in total. The van der Waals surface area contributed by atoms with Crippen LogP contribution in [0.4, 0.5) is 0 Å². The summed E-state index contributed by atoms with van der Waals surface area (Å²) in [5, 5.41) is 9.09. The van der Waals surface area contributed by atoms with Gasteiger partial charge in [-0.25, -0.2) is 0 Å². The number of methoxy groups -OCH3 is 3. The SMILES string of the molecule is CCCC(=O)CNC(=O)CCC(=O)CN(CC(=O)OC)C(=O)CNC(=O)CCC(=O)CN(CC(=O)OC)C(=O)CNC(=O)CCC(=O)CN(CC(=O)OC)C(=O)CNC(=O)CN. The maximum atomic E-state index is 12.9. The Labute approximate surface area is 356 Å². The van der Waals surface area contributed by atoms with Crippen LogP contribution in [0.15, 0.2) is 0 Å². The lowest BCUT2D eigenvalue weighted by Crippen LogP contribution is -2.46. The Kier molecular flexibility index (Phi) is 27.9. The zero-order valence-corrected chi connectivity index (χ0v) is 35.3. The van der Waals surface area contributed by atoms with Gasteiger partial charge in [-0.3, -0.25) is 67.1 Å². The van der Waals surface area contributed by atoms with E-state index in [0.717, 1.165) is 36.0 Å². The van der Waals surface area contributed by atoms with Crippen LogP contribution >= 0.6 is 0 Å². The highest BCUT2D eigenvalue weighted by molar-refractivity contribution is 5.96. The average molecular weight is 885 g/mol. The molecule has 0 aliphatic carbocycles. The van der Waals surface area contributed by atoms with Crippen LogP contribution in [0, 0.1) is 0 Å². The molecule has 0 saturated heterocycles. The molecule has 0 rings (SSSR count). The predicted octanol–water partition coefficient (Wildman–Crippen LogP) is -5.17. The number of nitrogens with zero attached hydrogens (tertiary/aromatic N) is 3. The molecule has 62 heavy (non-hydrogen) atoms. The van der Waals surface area contributed by atoms with Crippen LogP contribution in [-0.2, 0) is 81.3 Å². The number of carbonyl (C=O) groups excluding carboxylic acids is 14. The van der Waals surface area contributed by atoms with Gasteiger partial charge in [-0.1, -0.05) is 6.92 Å². The summed E-state index contributed by atoms with van der Waals surface area (Å²) in [6.45, 7) is -4.72. The molecule has 0 heterocycles. The first-order valence-corrected chi connectivity index (χ1v) is 19.2. The molecule has 0 spiro atoms. The number of ether oxygens (including phenoxy) is 3. The van der Waals surface area contributed by atoms with Crippen molar-refractivity contribution in [2.24, 2.45) is 5.73 Å². The van der Waals surface area contributed by atoms with E-state index < -0.39 is 168 Å². The van der Waals surface area contributed by atoms with E-state index in [2.05, 4.69) is 35.5 Å². The lowest BCUT2D eigenvalue weighted by atomic mass is 10.2. The number of amides is 7. The van der Waals surface area contributed by atoms with Gasteiger partial charge in [0, 0.05) is 44.9 Å². The van der Waals surface area contributed by atoms with Gasteiger partial charge in [0.2, 0.25) is 41.4 Å². The molecule has 7 amide bonds. The van der Waals surface area contributed by atoms with E-state index in [9.17, 15) is 67.1 Å². The fourth-order valence-corrected chi connectivity index (χ4v) is 4.75. The zero-order valence-electron chi connectivity index (χ0n) is 35.3. The van der Waals surface area contributed by atoms with Gasteiger partial charge in [-0.2, -0.15) is 0 Å². The van der Waals surface area contributed by atoms with E-state index in [-0.39, 0.29) is 31.6 Å². The van der Waals surface area contributed by atoms with Gasteiger partial charge in [0.05, 0.1) is 73.7 Å². The van der Waals surface area contributed by atoms with Crippen LogP contribution in [0.5, 0.6) is 0 Å². The Morgan fingerprint density at radius 3 is 0.952 bits per heavy atom. The summed E-state index contributed by atoms with van der Waals surface area (Å²) in [6.07, 6.45) is -1.59. The second-order valence-electron chi connectivity index (χ2n) is 13.2. The normalized spacial score (nSPS) is 10.2. The van der Waals surface area contributed by atoms with E-state index in [1.807, 2.05) is 0 Å². The van der Waals surface area contributed by atoms with Crippen LogP contribution in [0.1, 0.15) is 58.3 Å². The molecule has 0 atom stereocenters. The molecule has 0 radical (unpaired) electrons. The van der Waals surface area contributed by atoms with Gasteiger partial charge in [-0.15, -0.1) is 0 Å². The number of hydrogen-bond donors (Lipinski definition) is 5. The minimum atomic E-state index is -0.926. The Morgan fingerprint density at radius 2 is 0.677 bits per heavy atom. The molecule has 25 heteroatoms. The molecule has 0 fully saturated rings. The fourth-order valence-electron chi connectivity index (χ4n) is 4.75. The fraction of sp³-hybridized carbons (Fsp3) is 0.622. The average Bonchev–Trinajstić information content (AvgIpc) is 3.24. The smallest absolute Gasteiger partial charge is 0.325 e. The van der Waals surface area contributed by atoms with Crippen molar-refractivity contribution >= 4 is 82.4 Å². The summed E-state index contributed by atoms with van der Waals surface area (Å²) in [4.78, 5) is 174. The van der Waals surface area contributed by atoms with Crippen molar-refractivity contribution in [1.29, 1.82) is 0 Å². The Balaban J connectivity index is 5.14. The highest BCUT2D eigenvalue weighted by Gasteiger charge is 2.25. The molecule has 0 aliphatic rings. The number of nitrogens with one attached hydrogen (secondary N) is 4. The van der Waals surface area contributed by atoms with E-state index in [0.29, 0.717) is 6.42 Å². The van der Waals surface area contributed by atoms with Gasteiger partial charge in [0.1, 0.15) is 19.6 Å². The van der Waals surface area contributed by atoms with Gasteiger partial charge in [0.15, 0.2) is 23.1 Å². The van der Waals surface area contributed by atoms with Gasteiger partial charge < -0.3 is 55.9 Å². The molecular formula is C37H56N8O17. The Morgan fingerprint density at radius 1 is 0.387 bits per heavy atom. The second kappa shape index (κ2) is 31.2. The van der Waals surface area contributed by atoms with Crippen LogP contribution in [0.3, 0.4) is 0 Å². The van der Waals surface area contributed by atoms with Crippen LogP contribution < -0.4 is 27.0 Å². The van der Waals surface area contributed by atoms with Crippen molar-refractivity contribution in [3.05, 3.63) is 0 Å². The lowest BCUT2D eigenvalue weighted by molar-refractivity contribution is -0.148. The minimum absolute atomic E-state index is 0.179. The van der Waals surface area contributed by atoms with Crippen molar-refractivity contribution in [2.75, 3.05) is 93.3 Å². The minimum Gasteiger partial charge on any atom is -0.468 e. The van der Waals surface area contributed by atoms with Crippen molar-refractivity contribution in [3.63, 3.8) is 0 Å². The third-order valence-electron chi connectivity index (χ3n) is 8.20. The van der Waals surface area contributed by atoms with E-state index in [1.165, 1.54) is 0 Å². The van der Waals surface area contributed by atoms with Crippen molar-refractivity contribution in [3.8, 4) is 0 Å². The summed E-state index contributed by atoms with van der Waals surface area (Å²) in [7, 11) is 3.13. The lowest BCUT2D eigenvalue weighted by Gasteiger charge is -2.22. The Bertz CT molecular complexity index is 1670. The maximum Gasteiger partial charge on any atom is 0.325 e. The molecular weight excluding hydrogens is 828 g/mol. The summed E-state index contributed by atoms with van der Waals surface area (Å²) in [5.74, 6) is -10.3. The third kappa shape index (κ3) is 25.7. The summed E-state index contributed by atoms with van der Waals surface area (Å²) < 4.78 is 13.6. The van der Waals surface area contributed by atoms with Gasteiger partial charge in [-0.05, 0) is 6.42 Å². The monoisotopic (exact) mass is 884 g/mol. The van der Waals surface area contributed by atoms with E-state index >= 15 is 0 Å². The maximum absolute atomic E-state index is 12.9. The highest BCUT2D eigenvalue weighted by atomic mass is 16.5. The van der Waals surface area contributed by atoms with Crippen molar-refractivity contribution in [2.45, 2.75) is 58.3 Å². The number of ketones is 4. The second-order valence-corrected chi connectivity index (χ2v) is 13.2. The molecule has 0 aromatic carbocycles. The number of esters is 3. The van der Waals surface area contributed by atoms with Gasteiger partial charge >= 0.3 is 17.9 Å². The first kappa shape index (κ1) is 55.3. The Hall–Kier alpha value is -6.66. The van der Waals surface area contributed by atoms with Crippen LogP contribution in [0.2, 0.25) is 0 Å². The van der Waals surface area contributed by atoms with Crippen molar-refractivity contribution < 1.29 is 81.3 Å². The van der Waals surface area contributed by atoms with Crippen LogP contribution in [-0.4, -0.2) is 190 Å². The first-order valence-electron chi connectivity index (χ1n) is 19.2. The number of rotatable bonds is 32. The number of carbonyl (C=O) groups is 14. The molecule has 346 valence electrons. The zero-order chi connectivity index (χ0) is 47.2. The van der Waals surface area contributed by atoms with Crippen molar-refractivity contribution in [1.82, 2.24) is 36.0 Å². The summed E-state index contributed by atoms with van der Waals surface area (Å²) in [6, 6.07) is 0. The number of hydrogen-bond acceptors (Lipinski definition) is 18. The summed E-state index contributed by atoms with van der Waals surface area (Å²) >= 11 is 0. The molecule has 0 unspecified atom stereocenters. The number of Topliss-reactive ketones (excluding diaryl/α,β-unsaturated/α-hetero) is 4. The molecule has 0 bridgehead atoms. The predicted molar refractivity (Wildman–Crippen MR) is 210 cm³/mol. The largest absolute Gasteiger partial charge is 0.468 e. The molecule has 0 aliphatic heterocycles. The third-order valence-corrected chi connectivity index (χ3v) is 8.20. The molecule has 6 N–H and O–H groups in total. The summed E-state index contributed by atoms with van der Waals surface area (Å²) in [5.41, 5.74) is 5.17. The molecule has 0 saturated carbocycles. The van der Waals surface area contributed by atoms with Crippen LogP contribution in [0.25, 0.3) is 0 Å². The van der Waals surface area contributed by atoms with Gasteiger partial charge in [0.25, 0.3) is 0 Å². The highest BCUT2D eigenvalue weighted by Crippen LogP contribution is 2.02. The topological polar surface area (TPSA) is 351 Å². The molecule has 0 aromatic heterocycles. The molecule has 0 aromatic rings. The quantitative estimate of drug-likeness (QED) is 0.0311. The number of nitrogens with two attached hydrogens (primary N) is 1.